The molecule has 1 N–H and O–H groups in total. The third-order valence-corrected chi connectivity index (χ3v) is 3.32. The molecule has 0 aliphatic rings. The fourth-order valence-electron chi connectivity index (χ4n) is 1.83. The highest BCUT2D eigenvalue weighted by Gasteiger charge is 2.13. The molecule has 0 saturated heterocycles. The van der Waals surface area contributed by atoms with Gasteiger partial charge in [0.2, 0.25) is 0 Å². The lowest BCUT2D eigenvalue weighted by atomic mass is 10.0. The Kier molecular flexibility index (Phi) is 4.24. The van der Waals surface area contributed by atoms with Crippen LogP contribution in [0.2, 0.25) is 0 Å². The molecule has 17 heavy (non-hydrogen) atoms. The van der Waals surface area contributed by atoms with Crippen LogP contribution in [0, 0.1) is 0 Å². The van der Waals surface area contributed by atoms with E-state index in [-0.39, 0.29) is 5.25 Å². The van der Waals surface area contributed by atoms with Gasteiger partial charge >= 0.3 is 0 Å². The van der Waals surface area contributed by atoms with Crippen molar-refractivity contribution in [2.75, 3.05) is 0 Å². The molecule has 0 spiro atoms. The smallest absolute Gasteiger partial charge is 0.0803 e. The quantitative estimate of drug-likeness (QED) is 0.784. The molecule has 0 unspecified atom stereocenters. The predicted octanol–water partition coefficient (Wildman–Crippen LogP) is 3.78. The fourth-order valence-corrected chi connectivity index (χ4v) is 2.21. The van der Waals surface area contributed by atoms with E-state index in [1.807, 2.05) is 60.7 Å². The molecule has 0 heterocycles. The van der Waals surface area contributed by atoms with Gasteiger partial charge in [-0.15, -0.1) is 0 Å². The number of thiol groups is 1. The topological polar surface area (TPSA) is 20.2 Å². The van der Waals surface area contributed by atoms with E-state index in [4.69, 9.17) is 0 Å². The van der Waals surface area contributed by atoms with E-state index in [2.05, 4.69) is 12.6 Å². The van der Waals surface area contributed by atoms with Crippen LogP contribution in [0.15, 0.2) is 60.7 Å². The molecule has 0 fully saturated rings. The zero-order valence-corrected chi connectivity index (χ0v) is 10.4. The lowest BCUT2D eigenvalue weighted by Gasteiger charge is -2.16. The van der Waals surface area contributed by atoms with Crippen molar-refractivity contribution >= 4 is 12.6 Å². The maximum atomic E-state index is 10.1. The molecule has 0 aliphatic carbocycles. The number of aliphatic hydroxyl groups excluding tert-OH is 1. The largest absolute Gasteiger partial charge is 0.388 e. The SMILES string of the molecule is O[C@@H](C[C@@H](S)c1ccccc1)c1ccccc1. The molecule has 0 aliphatic heterocycles. The van der Waals surface area contributed by atoms with E-state index in [9.17, 15) is 5.11 Å². The van der Waals surface area contributed by atoms with Gasteiger partial charge < -0.3 is 5.11 Å². The van der Waals surface area contributed by atoms with Crippen molar-refractivity contribution in [3.63, 3.8) is 0 Å². The van der Waals surface area contributed by atoms with Crippen molar-refractivity contribution in [3.8, 4) is 0 Å². The van der Waals surface area contributed by atoms with Crippen LogP contribution >= 0.6 is 12.6 Å². The first-order valence-corrected chi connectivity index (χ1v) is 6.25. The number of aliphatic hydroxyl groups is 1. The summed E-state index contributed by atoms with van der Waals surface area (Å²) in [5, 5.41) is 10.2. The maximum absolute atomic E-state index is 10.1. The lowest BCUT2D eigenvalue weighted by Crippen LogP contribution is -2.01. The van der Waals surface area contributed by atoms with E-state index in [0.29, 0.717) is 6.42 Å². The van der Waals surface area contributed by atoms with Crippen molar-refractivity contribution in [1.82, 2.24) is 0 Å². The van der Waals surface area contributed by atoms with Gasteiger partial charge in [-0.1, -0.05) is 60.7 Å². The summed E-state index contributed by atoms with van der Waals surface area (Å²) >= 11 is 4.55. The normalized spacial score (nSPS) is 14.2. The third-order valence-electron chi connectivity index (χ3n) is 2.82. The molecule has 0 saturated carbocycles. The Morgan fingerprint density at radius 1 is 0.824 bits per heavy atom. The minimum absolute atomic E-state index is 0.0615. The summed E-state index contributed by atoms with van der Waals surface area (Å²) in [6.45, 7) is 0. The summed E-state index contributed by atoms with van der Waals surface area (Å²) in [4.78, 5) is 0. The number of hydrogen-bond acceptors (Lipinski definition) is 2. The number of rotatable bonds is 4. The number of benzene rings is 2. The minimum atomic E-state index is -0.459. The first-order valence-electron chi connectivity index (χ1n) is 5.73. The molecular weight excluding hydrogens is 228 g/mol. The second kappa shape index (κ2) is 5.89. The van der Waals surface area contributed by atoms with E-state index in [1.165, 1.54) is 0 Å². The summed E-state index contributed by atoms with van der Waals surface area (Å²) in [7, 11) is 0. The molecule has 2 atom stereocenters. The van der Waals surface area contributed by atoms with E-state index >= 15 is 0 Å². The van der Waals surface area contributed by atoms with Crippen LogP contribution in [0.25, 0.3) is 0 Å². The van der Waals surface area contributed by atoms with Gasteiger partial charge in [-0.3, -0.25) is 0 Å². The average Bonchev–Trinajstić information content (AvgIpc) is 2.40. The summed E-state index contributed by atoms with van der Waals surface area (Å²) in [6, 6.07) is 19.8. The summed E-state index contributed by atoms with van der Waals surface area (Å²) < 4.78 is 0. The van der Waals surface area contributed by atoms with Crippen LogP contribution in [-0.4, -0.2) is 5.11 Å². The van der Waals surface area contributed by atoms with Crippen LogP contribution in [0.4, 0.5) is 0 Å². The van der Waals surface area contributed by atoms with Crippen molar-refractivity contribution < 1.29 is 5.11 Å². The van der Waals surface area contributed by atoms with Crippen molar-refractivity contribution in [2.45, 2.75) is 17.8 Å². The molecule has 0 aromatic heterocycles. The van der Waals surface area contributed by atoms with E-state index < -0.39 is 6.10 Å². The summed E-state index contributed by atoms with van der Waals surface area (Å²) in [5.74, 6) is 0. The molecule has 2 aromatic carbocycles. The molecule has 88 valence electrons. The minimum Gasteiger partial charge on any atom is -0.388 e. The van der Waals surface area contributed by atoms with Crippen molar-refractivity contribution in [3.05, 3.63) is 71.8 Å². The van der Waals surface area contributed by atoms with Crippen LogP contribution in [-0.2, 0) is 0 Å². The summed E-state index contributed by atoms with van der Waals surface area (Å²) in [5.41, 5.74) is 2.09. The summed E-state index contributed by atoms with van der Waals surface area (Å²) in [6.07, 6.45) is 0.163. The molecule has 0 amide bonds. The second-order valence-electron chi connectivity index (χ2n) is 4.09. The van der Waals surface area contributed by atoms with Gasteiger partial charge in [-0.2, -0.15) is 12.6 Å². The van der Waals surface area contributed by atoms with E-state index in [1.54, 1.807) is 0 Å². The number of hydrogen-bond donors (Lipinski definition) is 2. The predicted molar refractivity (Wildman–Crippen MR) is 74.2 cm³/mol. The van der Waals surface area contributed by atoms with Gasteiger partial charge in [0.1, 0.15) is 0 Å². The molecule has 1 nitrogen and oxygen atoms in total. The Morgan fingerprint density at radius 2 is 1.29 bits per heavy atom. The fraction of sp³-hybridized carbons (Fsp3) is 0.200. The monoisotopic (exact) mass is 244 g/mol. The van der Waals surface area contributed by atoms with Crippen molar-refractivity contribution in [1.29, 1.82) is 0 Å². The molecular formula is C15H16OS. The Bertz CT molecular complexity index is 397. The first-order chi connectivity index (χ1) is 8.27. The second-order valence-corrected chi connectivity index (χ2v) is 4.71. The van der Waals surface area contributed by atoms with Crippen LogP contribution in [0.5, 0.6) is 0 Å². The highest BCUT2D eigenvalue weighted by atomic mass is 32.1. The molecule has 2 aromatic rings. The first kappa shape index (κ1) is 12.2. The van der Waals surface area contributed by atoms with Crippen LogP contribution < -0.4 is 0 Å². The molecule has 2 rings (SSSR count). The highest BCUT2D eigenvalue weighted by Crippen LogP contribution is 2.30. The van der Waals surface area contributed by atoms with Crippen molar-refractivity contribution in [2.24, 2.45) is 0 Å². The Balaban J connectivity index is 2.02. The zero-order chi connectivity index (χ0) is 12.1. The van der Waals surface area contributed by atoms with Gasteiger partial charge in [0.15, 0.2) is 0 Å². The van der Waals surface area contributed by atoms with Crippen LogP contribution in [0.3, 0.4) is 0 Å². The Morgan fingerprint density at radius 3 is 1.82 bits per heavy atom. The van der Waals surface area contributed by atoms with Gasteiger partial charge in [0, 0.05) is 5.25 Å². The Labute approximate surface area is 108 Å². The lowest BCUT2D eigenvalue weighted by molar-refractivity contribution is 0.167. The van der Waals surface area contributed by atoms with E-state index in [0.717, 1.165) is 11.1 Å². The van der Waals surface area contributed by atoms with Gasteiger partial charge in [0.25, 0.3) is 0 Å². The maximum Gasteiger partial charge on any atom is 0.0803 e. The average molecular weight is 244 g/mol. The van der Waals surface area contributed by atoms with Gasteiger partial charge in [-0.05, 0) is 17.5 Å². The zero-order valence-electron chi connectivity index (χ0n) is 9.53. The molecule has 0 bridgehead atoms. The Hall–Kier alpha value is -1.25. The van der Waals surface area contributed by atoms with Gasteiger partial charge in [-0.25, -0.2) is 0 Å². The van der Waals surface area contributed by atoms with Gasteiger partial charge in [0.05, 0.1) is 6.10 Å². The molecule has 0 radical (unpaired) electrons. The van der Waals surface area contributed by atoms with Crippen LogP contribution in [0.1, 0.15) is 28.9 Å². The highest BCUT2D eigenvalue weighted by molar-refractivity contribution is 7.80. The molecule has 2 heteroatoms. The third kappa shape index (κ3) is 3.35. The standard InChI is InChI=1S/C15H16OS/c16-14(12-7-3-1-4-8-12)11-15(17)13-9-5-2-6-10-13/h1-10,14-17H,11H2/t14-,15+/m0/s1.